The van der Waals surface area contributed by atoms with Crippen LogP contribution in [0.25, 0.3) is 0 Å². The fourth-order valence-corrected chi connectivity index (χ4v) is 5.41. The summed E-state index contributed by atoms with van der Waals surface area (Å²) in [6, 6.07) is 16.6. The minimum Gasteiger partial charge on any atom is -0.497 e. The second-order valence-corrected chi connectivity index (χ2v) is 8.70. The largest absolute Gasteiger partial charge is 0.497 e. The van der Waals surface area contributed by atoms with Crippen molar-refractivity contribution >= 4 is 23.0 Å². The number of rotatable bonds is 6. The van der Waals surface area contributed by atoms with Crippen molar-refractivity contribution in [3.05, 3.63) is 72.3 Å². The van der Waals surface area contributed by atoms with E-state index in [9.17, 15) is 0 Å². The van der Waals surface area contributed by atoms with E-state index in [-0.39, 0.29) is 12.1 Å². The summed E-state index contributed by atoms with van der Waals surface area (Å²) in [5.41, 5.74) is 3.11. The molecule has 6 nitrogen and oxygen atoms in total. The Kier molecular flexibility index (Phi) is 5.74. The van der Waals surface area contributed by atoms with Gasteiger partial charge in [0.25, 0.3) is 0 Å². The van der Waals surface area contributed by atoms with Gasteiger partial charge in [0.2, 0.25) is 0 Å². The van der Waals surface area contributed by atoms with Gasteiger partial charge in [-0.2, -0.15) is 0 Å². The van der Waals surface area contributed by atoms with Crippen LogP contribution in [0.1, 0.15) is 55.2 Å². The van der Waals surface area contributed by atoms with E-state index in [2.05, 4.69) is 44.2 Å². The van der Waals surface area contributed by atoms with Crippen LogP contribution in [0.2, 0.25) is 0 Å². The molecule has 0 spiro atoms. The van der Waals surface area contributed by atoms with Gasteiger partial charge in [0.15, 0.2) is 5.11 Å². The van der Waals surface area contributed by atoms with Crippen LogP contribution in [0.5, 0.6) is 11.5 Å². The van der Waals surface area contributed by atoms with E-state index in [0.29, 0.717) is 11.2 Å². The molecule has 1 aliphatic carbocycles. The predicted octanol–water partition coefficient (Wildman–Crippen LogP) is 5.19. The molecule has 5 rings (SSSR count). The zero-order valence-corrected chi connectivity index (χ0v) is 19.2. The van der Waals surface area contributed by atoms with Crippen LogP contribution in [0.15, 0.2) is 60.9 Å². The predicted molar refractivity (Wildman–Crippen MR) is 129 cm³/mol. The third-order valence-electron chi connectivity index (χ3n) is 6.58. The van der Waals surface area contributed by atoms with Crippen LogP contribution in [-0.2, 0) is 0 Å². The number of hydrogen-bond donors (Lipinski definition) is 1. The van der Waals surface area contributed by atoms with Crippen LogP contribution in [0.3, 0.4) is 0 Å². The summed E-state index contributed by atoms with van der Waals surface area (Å²) < 4.78 is 13.6. The lowest BCUT2D eigenvalue weighted by molar-refractivity contribution is 0.393. The zero-order chi connectivity index (χ0) is 22.1. The highest BCUT2D eigenvalue weighted by atomic mass is 32.1. The van der Waals surface area contributed by atoms with Crippen molar-refractivity contribution in [3.63, 3.8) is 0 Å². The molecule has 2 atom stereocenters. The fourth-order valence-electron chi connectivity index (χ4n) is 5.07. The molecule has 0 amide bonds. The standard InChI is InChI=1S/C25H28N4O2S/c1-30-18-12-13-20(22(16-18)31-2)29-24(21-11-7-15-28(21)17-8-3-4-9-17)23(27-25(29)32)19-10-5-6-14-26-19/h5-7,10-17,23-24H,3-4,8-9H2,1-2H3,(H,27,32)/t23-,24+/m1/s1. The maximum absolute atomic E-state index is 5.89. The van der Waals surface area contributed by atoms with Gasteiger partial charge in [-0.1, -0.05) is 18.9 Å². The van der Waals surface area contributed by atoms with Gasteiger partial charge in [-0.25, -0.2) is 0 Å². The van der Waals surface area contributed by atoms with E-state index in [1.54, 1.807) is 14.2 Å². The number of ether oxygens (including phenoxy) is 2. The van der Waals surface area contributed by atoms with Gasteiger partial charge in [0.1, 0.15) is 17.5 Å². The first kappa shape index (κ1) is 20.8. The van der Waals surface area contributed by atoms with Gasteiger partial charge in [0, 0.05) is 30.2 Å². The van der Waals surface area contributed by atoms with Crippen LogP contribution in [-0.4, -0.2) is 28.9 Å². The zero-order valence-electron chi connectivity index (χ0n) is 18.4. The van der Waals surface area contributed by atoms with Crippen molar-refractivity contribution < 1.29 is 9.47 Å². The van der Waals surface area contributed by atoms with Gasteiger partial charge in [0.05, 0.1) is 31.6 Å². The highest BCUT2D eigenvalue weighted by Crippen LogP contribution is 2.46. The Morgan fingerprint density at radius 3 is 2.59 bits per heavy atom. The lowest BCUT2D eigenvalue weighted by Crippen LogP contribution is -2.31. The molecular formula is C25H28N4O2S. The molecule has 0 bridgehead atoms. The molecule has 1 aliphatic heterocycles. The van der Waals surface area contributed by atoms with E-state index < -0.39 is 0 Å². The SMILES string of the molecule is COc1ccc(N2C(=S)N[C@H](c3ccccn3)[C@@H]2c2cccn2C2CCCC2)c(OC)c1. The van der Waals surface area contributed by atoms with Crippen LogP contribution in [0.4, 0.5) is 5.69 Å². The van der Waals surface area contributed by atoms with Crippen molar-refractivity contribution in [3.8, 4) is 11.5 Å². The summed E-state index contributed by atoms with van der Waals surface area (Å²) in [5, 5.41) is 4.21. The van der Waals surface area contributed by atoms with Crippen molar-refractivity contribution in [2.45, 2.75) is 43.8 Å². The molecule has 2 aromatic heterocycles. The Labute approximate surface area is 194 Å². The number of nitrogens with one attached hydrogen (secondary N) is 1. The number of methoxy groups -OCH3 is 2. The molecule has 0 radical (unpaired) electrons. The Bertz CT molecular complexity index is 1090. The highest BCUT2D eigenvalue weighted by Gasteiger charge is 2.43. The summed E-state index contributed by atoms with van der Waals surface area (Å²) >= 11 is 5.89. The molecular weight excluding hydrogens is 420 g/mol. The Balaban J connectivity index is 1.65. The summed E-state index contributed by atoms with van der Waals surface area (Å²) in [6.07, 6.45) is 9.04. The van der Waals surface area contributed by atoms with Crippen LogP contribution < -0.4 is 19.7 Å². The third-order valence-corrected chi connectivity index (χ3v) is 6.89. The first-order valence-electron chi connectivity index (χ1n) is 11.1. The monoisotopic (exact) mass is 448 g/mol. The lowest BCUT2D eigenvalue weighted by Gasteiger charge is -2.31. The smallest absolute Gasteiger partial charge is 0.174 e. The van der Waals surface area contributed by atoms with E-state index in [1.165, 1.54) is 31.4 Å². The maximum Gasteiger partial charge on any atom is 0.174 e. The highest BCUT2D eigenvalue weighted by molar-refractivity contribution is 7.80. The van der Waals surface area contributed by atoms with Gasteiger partial charge in [-0.15, -0.1) is 0 Å². The second kappa shape index (κ2) is 8.82. The van der Waals surface area contributed by atoms with Crippen molar-refractivity contribution in [2.24, 2.45) is 0 Å². The minimum absolute atomic E-state index is 0.0599. The summed E-state index contributed by atoms with van der Waals surface area (Å²) in [7, 11) is 3.34. The Hall–Kier alpha value is -3.06. The van der Waals surface area contributed by atoms with E-state index >= 15 is 0 Å². The number of benzene rings is 1. The van der Waals surface area contributed by atoms with Gasteiger partial charge >= 0.3 is 0 Å². The van der Waals surface area contributed by atoms with Crippen molar-refractivity contribution in [2.75, 3.05) is 19.1 Å². The Morgan fingerprint density at radius 1 is 1.03 bits per heavy atom. The van der Waals surface area contributed by atoms with Gasteiger partial charge in [-0.05, 0) is 61.5 Å². The topological polar surface area (TPSA) is 51.5 Å². The average molecular weight is 449 g/mol. The second-order valence-electron chi connectivity index (χ2n) is 8.31. The number of nitrogens with zero attached hydrogens (tertiary/aromatic N) is 3. The quantitative estimate of drug-likeness (QED) is 0.524. The molecule has 2 fully saturated rings. The molecule has 1 saturated carbocycles. The molecule has 32 heavy (non-hydrogen) atoms. The molecule has 1 saturated heterocycles. The molecule has 7 heteroatoms. The normalized spacial score (nSPS) is 21.1. The van der Waals surface area contributed by atoms with Crippen LogP contribution >= 0.6 is 12.2 Å². The molecule has 1 N–H and O–H groups in total. The number of pyridine rings is 1. The Morgan fingerprint density at radius 2 is 1.88 bits per heavy atom. The van der Waals surface area contributed by atoms with E-state index in [0.717, 1.165) is 22.9 Å². The van der Waals surface area contributed by atoms with Crippen molar-refractivity contribution in [1.29, 1.82) is 0 Å². The fraction of sp³-hybridized carbons (Fsp3) is 0.360. The number of aromatic nitrogens is 2. The summed E-state index contributed by atoms with van der Waals surface area (Å²) in [5.74, 6) is 1.47. The first-order chi connectivity index (χ1) is 15.7. The molecule has 166 valence electrons. The van der Waals surface area contributed by atoms with E-state index in [4.69, 9.17) is 21.7 Å². The molecule has 3 heterocycles. The average Bonchev–Trinajstić information content (AvgIpc) is 3.58. The summed E-state index contributed by atoms with van der Waals surface area (Å²) in [4.78, 5) is 6.85. The minimum atomic E-state index is -0.0782. The molecule has 2 aliphatic rings. The van der Waals surface area contributed by atoms with Gasteiger partial charge in [-0.3, -0.25) is 4.98 Å². The first-order valence-corrected chi connectivity index (χ1v) is 11.5. The lowest BCUT2D eigenvalue weighted by atomic mass is 10.00. The van der Waals surface area contributed by atoms with Crippen LogP contribution in [0, 0.1) is 0 Å². The molecule has 1 aromatic carbocycles. The maximum atomic E-state index is 5.89. The number of hydrogen-bond acceptors (Lipinski definition) is 4. The van der Waals surface area contributed by atoms with Gasteiger partial charge < -0.3 is 24.3 Å². The molecule has 3 aromatic rings. The van der Waals surface area contributed by atoms with E-state index in [1.807, 2.05) is 36.5 Å². The number of thiocarbonyl (C=S) groups is 1. The third kappa shape index (κ3) is 3.60. The van der Waals surface area contributed by atoms with Crippen molar-refractivity contribution in [1.82, 2.24) is 14.9 Å². The molecule has 0 unspecified atom stereocenters. The summed E-state index contributed by atoms with van der Waals surface area (Å²) in [6.45, 7) is 0. The number of anilines is 1.